The fraction of sp³-hybridized carbons (Fsp3) is 1.00. The maximum Gasteiger partial charge on any atom is 0.523 e. The second kappa shape index (κ2) is 4.08. The minimum Gasteiger partial charge on any atom is -0.372 e. The Balaban J connectivity index is 2.07. The van der Waals surface area contributed by atoms with Crippen LogP contribution in [0.4, 0.5) is 13.2 Å². The van der Waals surface area contributed by atoms with Crippen LogP contribution >= 0.6 is 0 Å². The lowest BCUT2D eigenvalue weighted by Gasteiger charge is -2.17. The summed E-state index contributed by atoms with van der Waals surface area (Å²) in [6.07, 6.45) is -2.37. The Kier molecular flexibility index (Phi) is 3.13. The highest BCUT2D eigenvalue weighted by Crippen LogP contribution is 2.35. The predicted octanol–water partition coefficient (Wildman–Crippen LogP) is 0.655. The largest absolute Gasteiger partial charge is 0.523 e. The van der Waals surface area contributed by atoms with Gasteiger partial charge < -0.3 is 9.47 Å². The topological polar surface area (TPSA) is 61.8 Å². The van der Waals surface area contributed by atoms with Crippen molar-refractivity contribution >= 4 is 10.1 Å². The molecule has 4 atom stereocenters. The van der Waals surface area contributed by atoms with Crippen LogP contribution in [-0.4, -0.2) is 45.5 Å². The number of halogens is 3. The molecule has 100 valence electrons. The number of fused-ring (bicyclic) bond motifs is 1. The van der Waals surface area contributed by atoms with Crippen LogP contribution in [0, 0.1) is 5.92 Å². The van der Waals surface area contributed by atoms with Gasteiger partial charge in [-0.1, -0.05) is 6.92 Å². The monoisotopic (exact) mass is 276 g/mol. The van der Waals surface area contributed by atoms with E-state index >= 15 is 0 Å². The van der Waals surface area contributed by atoms with Crippen LogP contribution < -0.4 is 0 Å². The van der Waals surface area contributed by atoms with Crippen LogP contribution in [0.3, 0.4) is 0 Å². The van der Waals surface area contributed by atoms with Crippen molar-refractivity contribution in [3.8, 4) is 0 Å². The zero-order valence-corrected chi connectivity index (χ0v) is 9.62. The first-order valence-corrected chi connectivity index (χ1v) is 6.36. The lowest BCUT2D eigenvalue weighted by Crippen LogP contribution is -2.37. The van der Waals surface area contributed by atoms with Crippen LogP contribution in [0.1, 0.15) is 6.92 Å². The normalized spacial score (nSPS) is 38.4. The molecule has 0 aliphatic carbocycles. The Hall–Kier alpha value is -0.380. The van der Waals surface area contributed by atoms with Crippen LogP contribution in [0.15, 0.2) is 0 Å². The molecule has 9 heteroatoms. The van der Waals surface area contributed by atoms with Gasteiger partial charge in [-0.05, 0) is 0 Å². The van der Waals surface area contributed by atoms with Gasteiger partial charge in [0.2, 0.25) is 0 Å². The molecule has 0 bridgehead atoms. The first-order chi connectivity index (χ1) is 7.72. The standard InChI is InChI=1S/C8H11F3O5S/c1-4-2-14-7-5(3-15-6(4)7)16-17(12,13)8(9,10)11/h4-7H,2-3H2,1H3/t4-,5+,6?,7?/m0/s1. The van der Waals surface area contributed by atoms with Crippen molar-refractivity contribution in [1.29, 1.82) is 0 Å². The molecule has 0 aromatic heterocycles. The maximum atomic E-state index is 12.1. The number of ether oxygens (including phenoxy) is 2. The third kappa shape index (κ3) is 2.28. The van der Waals surface area contributed by atoms with Crippen molar-refractivity contribution in [3.63, 3.8) is 0 Å². The molecule has 2 saturated heterocycles. The second-order valence-electron chi connectivity index (χ2n) is 4.11. The van der Waals surface area contributed by atoms with Gasteiger partial charge in [-0.25, -0.2) is 0 Å². The first-order valence-electron chi connectivity index (χ1n) is 4.95. The second-order valence-corrected chi connectivity index (χ2v) is 5.67. The molecule has 0 aromatic rings. The Bertz CT molecular complexity index is 392. The Morgan fingerprint density at radius 2 is 1.76 bits per heavy atom. The molecule has 0 N–H and O–H groups in total. The minimum absolute atomic E-state index is 0.0159. The molecule has 5 nitrogen and oxygen atoms in total. The molecule has 2 fully saturated rings. The third-order valence-corrected chi connectivity index (χ3v) is 3.86. The zero-order chi connectivity index (χ0) is 12.8. The molecule has 0 spiro atoms. The van der Waals surface area contributed by atoms with Crippen molar-refractivity contribution in [2.75, 3.05) is 13.2 Å². The molecule has 17 heavy (non-hydrogen) atoms. The SMILES string of the molecule is C[C@H]1COC2C1OC[C@H]2OS(=O)(=O)C(F)(F)F. The van der Waals surface area contributed by atoms with E-state index in [1.807, 2.05) is 6.92 Å². The summed E-state index contributed by atoms with van der Waals surface area (Å²) in [5.41, 5.74) is -5.42. The molecular weight excluding hydrogens is 265 g/mol. The molecule has 2 unspecified atom stereocenters. The van der Waals surface area contributed by atoms with Gasteiger partial charge in [-0.2, -0.15) is 21.6 Å². The van der Waals surface area contributed by atoms with Gasteiger partial charge in [0.15, 0.2) is 0 Å². The summed E-state index contributed by atoms with van der Waals surface area (Å²) < 4.78 is 72.5. The number of hydrogen-bond acceptors (Lipinski definition) is 5. The molecule has 0 saturated carbocycles. The summed E-state index contributed by atoms with van der Waals surface area (Å²) in [6, 6.07) is 0. The number of hydrogen-bond donors (Lipinski definition) is 0. The molecular formula is C8H11F3O5S. The van der Waals surface area contributed by atoms with Crippen molar-refractivity contribution in [3.05, 3.63) is 0 Å². The first kappa shape index (κ1) is 13.1. The van der Waals surface area contributed by atoms with Crippen molar-refractivity contribution in [2.24, 2.45) is 5.92 Å². The van der Waals surface area contributed by atoms with Crippen molar-refractivity contribution < 1.29 is 35.2 Å². The van der Waals surface area contributed by atoms with Gasteiger partial charge in [0.25, 0.3) is 0 Å². The quantitative estimate of drug-likeness (QED) is 0.547. The van der Waals surface area contributed by atoms with E-state index in [1.54, 1.807) is 0 Å². The van der Waals surface area contributed by atoms with Crippen molar-refractivity contribution in [2.45, 2.75) is 30.7 Å². The molecule has 2 aliphatic heterocycles. The van der Waals surface area contributed by atoms with E-state index < -0.39 is 33.9 Å². The average Bonchev–Trinajstić information content (AvgIpc) is 2.70. The van der Waals surface area contributed by atoms with E-state index in [1.165, 1.54) is 0 Å². The van der Waals surface area contributed by atoms with Gasteiger partial charge in [0, 0.05) is 5.92 Å². The highest BCUT2D eigenvalue weighted by atomic mass is 32.2. The van der Waals surface area contributed by atoms with Gasteiger partial charge in [0.1, 0.15) is 12.2 Å². The predicted molar refractivity (Wildman–Crippen MR) is 48.5 cm³/mol. The van der Waals surface area contributed by atoms with E-state index in [0.717, 1.165) is 0 Å². The summed E-state index contributed by atoms with van der Waals surface area (Å²) >= 11 is 0. The molecule has 0 aromatic carbocycles. The Labute approximate surface area is 96.0 Å². The molecule has 0 amide bonds. The summed E-state index contributed by atoms with van der Waals surface area (Å²) in [4.78, 5) is 0. The van der Waals surface area contributed by atoms with Gasteiger partial charge in [-0.3, -0.25) is 4.18 Å². The highest BCUT2D eigenvalue weighted by molar-refractivity contribution is 7.87. The van der Waals surface area contributed by atoms with E-state index in [0.29, 0.717) is 6.61 Å². The molecule has 0 radical (unpaired) electrons. The van der Waals surface area contributed by atoms with Gasteiger partial charge in [-0.15, -0.1) is 0 Å². The summed E-state index contributed by atoms with van der Waals surface area (Å²) in [5.74, 6) is 0.0159. The lowest BCUT2D eigenvalue weighted by molar-refractivity contribution is -0.0624. The maximum absolute atomic E-state index is 12.1. The van der Waals surface area contributed by atoms with Crippen LogP contribution in [0.25, 0.3) is 0 Å². The minimum atomic E-state index is -5.60. The van der Waals surface area contributed by atoms with Crippen molar-refractivity contribution in [1.82, 2.24) is 0 Å². The molecule has 2 rings (SSSR count). The van der Waals surface area contributed by atoms with Gasteiger partial charge in [0.05, 0.1) is 19.3 Å². The lowest BCUT2D eigenvalue weighted by atomic mass is 10.0. The average molecular weight is 276 g/mol. The Morgan fingerprint density at radius 1 is 1.18 bits per heavy atom. The van der Waals surface area contributed by atoms with Crippen LogP contribution in [0.2, 0.25) is 0 Å². The number of rotatable bonds is 2. The van der Waals surface area contributed by atoms with Gasteiger partial charge >= 0.3 is 15.6 Å². The van der Waals surface area contributed by atoms with Crippen LogP contribution in [0.5, 0.6) is 0 Å². The fourth-order valence-electron chi connectivity index (χ4n) is 1.95. The van der Waals surface area contributed by atoms with E-state index in [4.69, 9.17) is 9.47 Å². The highest BCUT2D eigenvalue weighted by Gasteiger charge is 2.54. The zero-order valence-electron chi connectivity index (χ0n) is 8.81. The van der Waals surface area contributed by atoms with Crippen LogP contribution in [-0.2, 0) is 23.8 Å². The molecule has 2 aliphatic rings. The third-order valence-electron chi connectivity index (χ3n) is 2.79. The summed E-state index contributed by atoms with van der Waals surface area (Å²) in [7, 11) is -5.60. The molecule has 2 heterocycles. The summed E-state index contributed by atoms with van der Waals surface area (Å²) in [5, 5.41) is 0. The van der Waals surface area contributed by atoms with E-state index in [2.05, 4.69) is 4.18 Å². The fourth-order valence-corrected chi connectivity index (χ4v) is 2.55. The number of alkyl halides is 3. The van der Waals surface area contributed by atoms with E-state index in [-0.39, 0.29) is 12.5 Å². The van der Waals surface area contributed by atoms with E-state index in [9.17, 15) is 21.6 Å². The smallest absolute Gasteiger partial charge is 0.372 e. The summed E-state index contributed by atoms with van der Waals surface area (Å²) in [6.45, 7) is 1.92. The Morgan fingerprint density at radius 3 is 2.35 bits per heavy atom.